The first-order chi connectivity index (χ1) is 20.4. The van der Waals surface area contributed by atoms with Crippen LogP contribution in [0, 0.1) is 11.8 Å². The summed E-state index contributed by atoms with van der Waals surface area (Å²) in [6, 6.07) is 15.2. The molecular formula is C32H37N2O6PS2. The van der Waals surface area contributed by atoms with Gasteiger partial charge in [0.25, 0.3) is 22.3 Å². The molecule has 4 amide bonds. The van der Waals surface area contributed by atoms with Crippen LogP contribution in [0.3, 0.4) is 0 Å². The van der Waals surface area contributed by atoms with Crippen molar-refractivity contribution in [2.45, 2.75) is 51.4 Å². The molecule has 4 fully saturated rings. The molecule has 2 aromatic carbocycles. The quantitative estimate of drug-likeness (QED) is 0.230. The van der Waals surface area contributed by atoms with E-state index in [1.54, 1.807) is 12.2 Å². The zero-order valence-corrected chi connectivity index (χ0v) is 27.0. The van der Waals surface area contributed by atoms with Gasteiger partial charge in [-0.3, -0.25) is 29.8 Å². The Morgan fingerprint density at radius 1 is 0.605 bits per heavy atom. The van der Waals surface area contributed by atoms with E-state index in [9.17, 15) is 19.2 Å². The number of hydrogen-bond acceptors (Lipinski definition) is 8. The molecular weight excluding hydrogens is 603 g/mol. The van der Waals surface area contributed by atoms with E-state index in [1.165, 1.54) is 51.4 Å². The average molecular weight is 641 g/mol. The second-order valence-electron chi connectivity index (χ2n) is 10.8. The van der Waals surface area contributed by atoms with Gasteiger partial charge in [0, 0.05) is 0 Å². The predicted molar refractivity (Wildman–Crippen MR) is 177 cm³/mol. The van der Waals surface area contributed by atoms with Gasteiger partial charge in [0.15, 0.2) is 0 Å². The number of benzene rings is 2. The van der Waals surface area contributed by atoms with Gasteiger partial charge < -0.3 is 9.47 Å². The molecule has 2 N–H and O–H groups in total. The number of amides is 4. The van der Waals surface area contributed by atoms with Crippen molar-refractivity contribution in [2.75, 3.05) is 13.2 Å². The highest BCUT2D eigenvalue weighted by Gasteiger charge is 2.26. The summed E-state index contributed by atoms with van der Waals surface area (Å²) in [6.07, 6.45) is 13.8. The second-order valence-corrected chi connectivity index (χ2v) is 12.8. The van der Waals surface area contributed by atoms with Crippen molar-refractivity contribution in [2.24, 2.45) is 11.8 Å². The zero-order valence-electron chi connectivity index (χ0n) is 24.0. The van der Waals surface area contributed by atoms with Gasteiger partial charge in [-0.15, -0.1) is 0 Å². The molecule has 8 nitrogen and oxygen atoms in total. The molecule has 2 aliphatic carbocycles. The maximum absolute atomic E-state index is 11.5. The monoisotopic (exact) mass is 640 g/mol. The number of imide groups is 2. The molecule has 6 rings (SSSR count). The van der Waals surface area contributed by atoms with Gasteiger partial charge in [-0.1, -0.05) is 49.9 Å². The van der Waals surface area contributed by atoms with Crippen LogP contribution in [0.25, 0.3) is 12.2 Å². The minimum absolute atomic E-state index is 0. The summed E-state index contributed by atoms with van der Waals surface area (Å²) in [5.41, 5.74) is 1.77. The standard InChI is InChI=1S/2C16H17NO3S.H3P/c2*18-15-14(21-16(19)17-15)9-11-5-7-13(8-6-11)20-10-12-3-1-2-4-12;/h2*5-9,12H,1-4,10H2,(H,17,18,19);1H3. The van der Waals surface area contributed by atoms with Gasteiger partial charge >= 0.3 is 0 Å². The Balaban J connectivity index is 0.000000192. The molecule has 11 heteroatoms. The Morgan fingerprint density at radius 3 is 1.26 bits per heavy atom. The third kappa shape index (κ3) is 9.98. The van der Waals surface area contributed by atoms with E-state index in [0.717, 1.165) is 59.4 Å². The fraction of sp³-hybridized carbons (Fsp3) is 0.375. The number of rotatable bonds is 8. The van der Waals surface area contributed by atoms with Crippen LogP contribution >= 0.6 is 33.4 Å². The number of carbonyl (C=O) groups is 4. The van der Waals surface area contributed by atoms with Gasteiger partial charge in [0.2, 0.25) is 0 Å². The topological polar surface area (TPSA) is 111 Å². The lowest BCUT2D eigenvalue weighted by Gasteiger charge is -2.11. The predicted octanol–water partition coefficient (Wildman–Crippen LogP) is 7.22. The largest absolute Gasteiger partial charge is 0.493 e. The lowest BCUT2D eigenvalue weighted by atomic mass is 10.1. The van der Waals surface area contributed by atoms with E-state index >= 15 is 0 Å². The summed E-state index contributed by atoms with van der Waals surface area (Å²) in [7, 11) is 0. The van der Waals surface area contributed by atoms with Crippen LogP contribution in [-0.4, -0.2) is 35.5 Å². The molecule has 0 bridgehead atoms. The highest BCUT2D eigenvalue weighted by atomic mass is 32.2. The van der Waals surface area contributed by atoms with Crippen molar-refractivity contribution >= 4 is 67.9 Å². The number of thioether (sulfide) groups is 2. The first-order valence-corrected chi connectivity index (χ1v) is 16.0. The highest BCUT2D eigenvalue weighted by Crippen LogP contribution is 2.29. The Hall–Kier alpha value is -3.07. The van der Waals surface area contributed by atoms with Gasteiger partial charge in [-0.2, -0.15) is 9.90 Å². The summed E-state index contributed by atoms with van der Waals surface area (Å²) < 4.78 is 11.6. The first kappa shape index (κ1) is 32.8. The Kier molecular flexibility index (Phi) is 12.3. The third-order valence-electron chi connectivity index (χ3n) is 7.56. The molecule has 228 valence electrons. The smallest absolute Gasteiger partial charge is 0.290 e. The van der Waals surface area contributed by atoms with E-state index in [4.69, 9.17) is 9.47 Å². The molecule has 1 atom stereocenters. The van der Waals surface area contributed by atoms with Crippen LogP contribution < -0.4 is 20.1 Å². The minimum atomic E-state index is -0.327. The molecule has 0 aromatic heterocycles. The Labute approximate surface area is 263 Å². The number of hydrogen-bond donors (Lipinski definition) is 2. The first-order valence-electron chi connectivity index (χ1n) is 14.4. The SMILES string of the molecule is O=C1NC(=O)C(=Cc2ccc(OCC3CCCC3)cc2)S1.O=C1NC(=O)C(=Cc2ccc(OCC3CCCC3)cc2)S1.P. The molecule has 0 radical (unpaired) electrons. The van der Waals surface area contributed by atoms with Crippen molar-refractivity contribution in [3.05, 3.63) is 69.5 Å². The average Bonchev–Trinajstić information content (AvgIpc) is 3.79. The fourth-order valence-electron chi connectivity index (χ4n) is 5.25. The van der Waals surface area contributed by atoms with Gasteiger partial charge in [-0.05, 0) is 109 Å². The summed E-state index contributed by atoms with van der Waals surface area (Å²) in [6.45, 7) is 1.57. The molecule has 4 aliphatic rings. The van der Waals surface area contributed by atoms with Crippen molar-refractivity contribution in [3.8, 4) is 11.5 Å². The van der Waals surface area contributed by atoms with E-state index < -0.39 is 0 Å². The number of carbonyl (C=O) groups excluding carboxylic acids is 4. The second kappa shape index (κ2) is 16.1. The maximum atomic E-state index is 11.5. The zero-order chi connectivity index (χ0) is 29.3. The van der Waals surface area contributed by atoms with Crippen LogP contribution in [0.4, 0.5) is 9.59 Å². The molecule has 2 saturated heterocycles. The maximum Gasteiger partial charge on any atom is 0.290 e. The van der Waals surface area contributed by atoms with E-state index in [2.05, 4.69) is 10.6 Å². The summed E-state index contributed by atoms with van der Waals surface area (Å²) in [5.74, 6) is 2.43. The van der Waals surface area contributed by atoms with Crippen LogP contribution in [0.5, 0.6) is 11.5 Å². The number of ether oxygens (including phenoxy) is 2. The lowest BCUT2D eigenvalue weighted by Crippen LogP contribution is -2.17. The number of nitrogens with one attached hydrogen (secondary N) is 2. The highest BCUT2D eigenvalue weighted by molar-refractivity contribution is 8.18. The molecule has 43 heavy (non-hydrogen) atoms. The minimum Gasteiger partial charge on any atom is -0.493 e. The molecule has 2 saturated carbocycles. The van der Waals surface area contributed by atoms with E-state index in [0.29, 0.717) is 21.6 Å². The van der Waals surface area contributed by atoms with Crippen LogP contribution in [-0.2, 0) is 9.59 Å². The van der Waals surface area contributed by atoms with E-state index in [1.807, 2.05) is 48.5 Å². The fourth-order valence-corrected chi connectivity index (χ4v) is 6.61. The Bertz CT molecular complexity index is 1260. The summed E-state index contributed by atoms with van der Waals surface area (Å²) in [5, 5.41) is 3.85. The van der Waals surface area contributed by atoms with E-state index in [-0.39, 0.29) is 32.2 Å². The Morgan fingerprint density at radius 2 is 0.953 bits per heavy atom. The van der Waals surface area contributed by atoms with Gasteiger partial charge in [0.05, 0.1) is 23.0 Å². The third-order valence-corrected chi connectivity index (χ3v) is 9.18. The van der Waals surface area contributed by atoms with Gasteiger partial charge in [-0.25, -0.2) is 0 Å². The van der Waals surface area contributed by atoms with Crippen molar-refractivity contribution in [1.29, 1.82) is 0 Å². The molecule has 2 heterocycles. The van der Waals surface area contributed by atoms with Gasteiger partial charge in [0.1, 0.15) is 11.5 Å². The van der Waals surface area contributed by atoms with Crippen molar-refractivity contribution < 1.29 is 28.7 Å². The van der Waals surface area contributed by atoms with Crippen molar-refractivity contribution in [3.63, 3.8) is 0 Å². The van der Waals surface area contributed by atoms with Crippen molar-refractivity contribution in [1.82, 2.24) is 10.6 Å². The summed E-state index contributed by atoms with van der Waals surface area (Å²) in [4.78, 5) is 46.0. The molecule has 0 spiro atoms. The lowest BCUT2D eigenvalue weighted by molar-refractivity contribution is -0.116. The molecule has 1 unspecified atom stereocenters. The van der Waals surface area contributed by atoms with Crippen LogP contribution in [0.1, 0.15) is 62.5 Å². The van der Waals surface area contributed by atoms with Crippen LogP contribution in [0.15, 0.2) is 58.3 Å². The normalized spacial score (nSPS) is 20.6. The molecule has 2 aromatic rings. The van der Waals surface area contributed by atoms with Crippen LogP contribution in [0.2, 0.25) is 0 Å². The molecule has 2 aliphatic heterocycles. The summed E-state index contributed by atoms with van der Waals surface area (Å²) >= 11 is 1.86.